The minimum Gasteiger partial charge on any atom is -0.377 e. The fourth-order valence-electron chi connectivity index (χ4n) is 3.56. The highest BCUT2D eigenvalue weighted by atomic mass is 16.5. The maximum absolute atomic E-state index is 12.7. The van der Waals surface area contributed by atoms with Crippen LogP contribution in [0.4, 0.5) is 0 Å². The molecule has 1 fully saturated rings. The number of piperidine rings is 1. The van der Waals surface area contributed by atoms with Gasteiger partial charge in [0.05, 0.1) is 12.1 Å². The molecule has 1 N–H and O–H groups in total. The van der Waals surface area contributed by atoms with E-state index in [1.54, 1.807) is 7.11 Å². The lowest BCUT2D eigenvalue weighted by atomic mass is 10.00. The first kappa shape index (κ1) is 16.4. The molecule has 7 heteroatoms. The quantitative estimate of drug-likeness (QED) is 0.883. The van der Waals surface area contributed by atoms with Crippen molar-refractivity contribution in [1.29, 1.82) is 0 Å². The predicted molar refractivity (Wildman–Crippen MR) is 85.7 cm³/mol. The average molecular weight is 321 g/mol. The van der Waals surface area contributed by atoms with E-state index in [4.69, 9.17) is 4.74 Å². The number of fused-ring (bicyclic) bond motifs is 1. The van der Waals surface area contributed by atoms with E-state index in [9.17, 15) is 4.79 Å². The van der Waals surface area contributed by atoms with Gasteiger partial charge in [0.25, 0.3) is 0 Å². The molecular weight excluding hydrogens is 294 g/mol. The van der Waals surface area contributed by atoms with Crippen LogP contribution in [0.15, 0.2) is 0 Å². The molecule has 1 saturated heterocycles. The molecule has 2 aliphatic rings. The third-order valence-corrected chi connectivity index (χ3v) is 4.69. The highest BCUT2D eigenvalue weighted by Crippen LogP contribution is 2.26. The van der Waals surface area contributed by atoms with Crippen molar-refractivity contribution < 1.29 is 9.53 Å². The average Bonchev–Trinajstić information content (AvgIpc) is 2.93. The van der Waals surface area contributed by atoms with E-state index in [1.807, 2.05) is 9.58 Å². The van der Waals surface area contributed by atoms with Crippen LogP contribution in [0.2, 0.25) is 0 Å². The second-order valence-electron chi connectivity index (χ2n) is 6.72. The molecule has 3 heterocycles. The lowest BCUT2D eigenvalue weighted by molar-refractivity contribution is -0.138. The molecule has 1 aromatic heterocycles. The predicted octanol–water partition coefficient (Wildman–Crippen LogP) is 1.25. The maximum Gasteiger partial charge on any atom is 0.239 e. The SMILES string of the molecule is COCc1nc2n(n1)CCC[C@@H]2N[C@H]1CCCN(C(C)C)C1=O. The van der Waals surface area contributed by atoms with Crippen LogP contribution in [0.3, 0.4) is 0 Å². The van der Waals surface area contributed by atoms with Crippen LogP contribution in [0.5, 0.6) is 0 Å². The Kier molecular flexibility index (Phi) is 4.96. The van der Waals surface area contributed by atoms with Crippen molar-refractivity contribution in [2.45, 2.75) is 70.8 Å². The van der Waals surface area contributed by atoms with E-state index in [2.05, 4.69) is 29.2 Å². The molecule has 0 unspecified atom stereocenters. The highest BCUT2D eigenvalue weighted by Gasteiger charge is 2.34. The molecule has 1 amide bonds. The van der Waals surface area contributed by atoms with Gasteiger partial charge in [-0.3, -0.25) is 10.1 Å². The van der Waals surface area contributed by atoms with Crippen molar-refractivity contribution in [3.8, 4) is 0 Å². The Morgan fingerprint density at radius 1 is 1.26 bits per heavy atom. The number of likely N-dealkylation sites (tertiary alicyclic amines) is 1. The summed E-state index contributed by atoms with van der Waals surface area (Å²) < 4.78 is 7.09. The van der Waals surface area contributed by atoms with Gasteiger partial charge in [-0.05, 0) is 39.5 Å². The Morgan fingerprint density at radius 3 is 2.74 bits per heavy atom. The van der Waals surface area contributed by atoms with E-state index >= 15 is 0 Å². The highest BCUT2D eigenvalue weighted by molar-refractivity contribution is 5.82. The summed E-state index contributed by atoms with van der Waals surface area (Å²) in [6.07, 6.45) is 4.00. The largest absolute Gasteiger partial charge is 0.377 e. The lowest BCUT2D eigenvalue weighted by Gasteiger charge is -2.37. The Labute approximate surface area is 137 Å². The first-order valence-electron chi connectivity index (χ1n) is 8.59. The van der Waals surface area contributed by atoms with Crippen molar-refractivity contribution in [1.82, 2.24) is 25.0 Å². The maximum atomic E-state index is 12.7. The molecule has 0 radical (unpaired) electrons. The van der Waals surface area contributed by atoms with Gasteiger partial charge in [-0.25, -0.2) is 9.67 Å². The summed E-state index contributed by atoms with van der Waals surface area (Å²) in [5.74, 6) is 1.88. The normalized spacial score (nSPS) is 25.0. The third-order valence-electron chi connectivity index (χ3n) is 4.69. The zero-order valence-electron chi connectivity index (χ0n) is 14.3. The molecule has 2 aliphatic heterocycles. The zero-order chi connectivity index (χ0) is 16.4. The number of hydrogen-bond acceptors (Lipinski definition) is 5. The Balaban J connectivity index is 1.72. The summed E-state index contributed by atoms with van der Waals surface area (Å²) in [6, 6.07) is 0.253. The zero-order valence-corrected chi connectivity index (χ0v) is 14.3. The first-order valence-corrected chi connectivity index (χ1v) is 8.59. The number of nitrogens with zero attached hydrogens (tertiary/aromatic N) is 4. The molecule has 0 aromatic carbocycles. The molecular formula is C16H27N5O2. The van der Waals surface area contributed by atoms with Gasteiger partial charge in [0, 0.05) is 26.2 Å². The minimum atomic E-state index is -0.106. The van der Waals surface area contributed by atoms with E-state index in [-0.39, 0.29) is 24.0 Å². The third kappa shape index (κ3) is 3.40. The second-order valence-corrected chi connectivity index (χ2v) is 6.72. The number of methoxy groups -OCH3 is 1. The number of rotatable bonds is 5. The Hall–Kier alpha value is -1.47. The molecule has 0 bridgehead atoms. The smallest absolute Gasteiger partial charge is 0.239 e. The van der Waals surface area contributed by atoms with Crippen LogP contribution in [-0.2, 0) is 22.7 Å². The molecule has 0 aliphatic carbocycles. The van der Waals surface area contributed by atoms with Crippen LogP contribution < -0.4 is 5.32 Å². The van der Waals surface area contributed by atoms with Gasteiger partial charge in [0.1, 0.15) is 12.4 Å². The minimum absolute atomic E-state index is 0.0999. The summed E-state index contributed by atoms with van der Waals surface area (Å²) >= 11 is 0. The number of aromatic nitrogens is 3. The van der Waals surface area contributed by atoms with Crippen molar-refractivity contribution in [2.75, 3.05) is 13.7 Å². The van der Waals surface area contributed by atoms with Gasteiger partial charge in [-0.15, -0.1) is 0 Å². The number of nitrogens with one attached hydrogen (secondary N) is 1. The lowest BCUT2D eigenvalue weighted by Crippen LogP contribution is -2.54. The molecule has 1 aromatic rings. The van der Waals surface area contributed by atoms with Crippen molar-refractivity contribution in [3.05, 3.63) is 11.6 Å². The number of hydrogen-bond donors (Lipinski definition) is 1. The van der Waals surface area contributed by atoms with Crippen LogP contribution in [0.25, 0.3) is 0 Å². The fraction of sp³-hybridized carbons (Fsp3) is 0.812. The first-order chi connectivity index (χ1) is 11.1. The van der Waals surface area contributed by atoms with Crippen molar-refractivity contribution in [2.24, 2.45) is 0 Å². The van der Waals surface area contributed by atoms with E-state index in [1.165, 1.54) is 0 Å². The van der Waals surface area contributed by atoms with Crippen LogP contribution in [0.1, 0.15) is 57.2 Å². The van der Waals surface area contributed by atoms with Gasteiger partial charge in [-0.2, -0.15) is 5.10 Å². The van der Waals surface area contributed by atoms with Crippen molar-refractivity contribution in [3.63, 3.8) is 0 Å². The molecule has 23 heavy (non-hydrogen) atoms. The summed E-state index contributed by atoms with van der Waals surface area (Å²) in [5.41, 5.74) is 0. The van der Waals surface area contributed by atoms with Gasteiger partial charge >= 0.3 is 0 Å². The standard InChI is InChI=1S/C16H27N5O2/c1-11(2)20-8-4-7-13(16(20)22)17-12-6-5-9-21-15(12)18-14(19-21)10-23-3/h11-13,17H,4-10H2,1-3H3/t12-,13-/m0/s1. The monoisotopic (exact) mass is 321 g/mol. The van der Waals surface area contributed by atoms with E-state index in [0.717, 1.165) is 50.4 Å². The summed E-state index contributed by atoms with van der Waals surface area (Å²) in [5, 5.41) is 8.04. The van der Waals surface area contributed by atoms with Gasteiger partial charge in [-0.1, -0.05) is 0 Å². The Morgan fingerprint density at radius 2 is 2.00 bits per heavy atom. The molecule has 0 saturated carbocycles. The number of ether oxygens (including phenoxy) is 1. The Bertz CT molecular complexity index is 557. The molecule has 7 nitrogen and oxygen atoms in total. The van der Waals surface area contributed by atoms with Crippen LogP contribution in [-0.4, -0.2) is 51.3 Å². The summed E-state index contributed by atoms with van der Waals surface area (Å²) in [6.45, 7) is 6.34. The van der Waals surface area contributed by atoms with Crippen LogP contribution in [0, 0.1) is 0 Å². The van der Waals surface area contributed by atoms with E-state index < -0.39 is 0 Å². The second kappa shape index (κ2) is 6.97. The number of carbonyl (C=O) groups excluding carboxylic acids is 1. The molecule has 0 spiro atoms. The number of carbonyl (C=O) groups is 1. The van der Waals surface area contributed by atoms with Crippen LogP contribution >= 0.6 is 0 Å². The van der Waals surface area contributed by atoms with Gasteiger partial charge < -0.3 is 9.64 Å². The van der Waals surface area contributed by atoms with Crippen molar-refractivity contribution >= 4 is 5.91 Å². The number of aryl methyl sites for hydroxylation is 1. The number of amides is 1. The van der Waals surface area contributed by atoms with E-state index in [0.29, 0.717) is 6.61 Å². The molecule has 128 valence electrons. The summed E-state index contributed by atoms with van der Waals surface area (Å²) in [7, 11) is 1.65. The fourth-order valence-corrected chi connectivity index (χ4v) is 3.56. The summed E-state index contributed by atoms with van der Waals surface area (Å²) in [4.78, 5) is 19.2. The topological polar surface area (TPSA) is 72.3 Å². The van der Waals surface area contributed by atoms with Gasteiger partial charge in [0.2, 0.25) is 5.91 Å². The van der Waals surface area contributed by atoms with Gasteiger partial charge in [0.15, 0.2) is 5.82 Å². The molecule has 2 atom stereocenters. The molecule has 3 rings (SSSR count).